The standard InChI is InChI=1S/C22H23ClN2OS/c23-19-7-5-16(6-8-19)17-9-11-24-20(13-17)10-12-27(26)15-18-14-25-22-4-2-1-3-21(18)22/h1-9,14,20,24-25H,10-13,15H2. The largest absolute Gasteiger partial charge is 0.616 e. The summed E-state index contributed by atoms with van der Waals surface area (Å²) in [4.78, 5) is 3.26. The molecule has 140 valence electrons. The predicted octanol–water partition coefficient (Wildman–Crippen LogP) is 4.91. The minimum atomic E-state index is -0.863. The molecule has 1 aliphatic rings. The summed E-state index contributed by atoms with van der Waals surface area (Å²) in [5.74, 6) is 1.32. The highest BCUT2D eigenvalue weighted by atomic mass is 35.5. The fourth-order valence-corrected chi connectivity index (χ4v) is 5.05. The van der Waals surface area contributed by atoms with E-state index in [0.717, 1.165) is 35.5 Å². The van der Waals surface area contributed by atoms with Crippen LogP contribution in [0.3, 0.4) is 0 Å². The summed E-state index contributed by atoms with van der Waals surface area (Å²) in [6, 6.07) is 16.6. The van der Waals surface area contributed by atoms with Crippen LogP contribution < -0.4 is 5.32 Å². The number of hydrogen-bond donors (Lipinski definition) is 2. The summed E-state index contributed by atoms with van der Waals surface area (Å²) < 4.78 is 12.6. The molecule has 3 nitrogen and oxygen atoms in total. The van der Waals surface area contributed by atoms with E-state index in [1.54, 1.807) is 0 Å². The molecule has 1 aromatic heterocycles. The highest BCUT2D eigenvalue weighted by Crippen LogP contribution is 2.26. The first-order valence-electron chi connectivity index (χ1n) is 9.27. The van der Waals surface area contributed by atoms with Crippen LogP contribution in [0.5, 0.6) is 0 Å². The van der Waals surface area contributed by atoms with Crippen LogP contribution in [0.25, 0.3) is 16.5 Å². The van der Waals surface area contributed by atoms with Gasteiger partial charge in [0, 0.05) is 46.7 Å². The van der Waals surface area contributed by atoms with Gasteiger partial charge in [-0.05, 0) is 46.9 Å². The van der Waals surface area contributed by atoms with Crippen LogP contribution >= 0.6 is 11.6 Å². The first-order chi connectivity index (χ1) is 13.2. The van der Waals surface area contributed by atoms with Crippen molar-refractivity contribution < 1.29 is 4.55 Å². The van der Waals surface area contributed by atoms with Gasteiger partial charge in [0.05, 0.1) is 0 Å². The number of H-pyrrole nitrogens is 1. The maximum absolute atomic E-state index is 12.6. The van der Waals surface area contributed by atoms with E-state index in [9.17, 15) is 4.55 Å². The van der Waals surface area contributed by atoms with Gasteiger partial charge in [-0.2, -0.15) is 0 Å². The fourth-order valence-electron chi connectivity index (χ4n) is 3.64. The number of aromatic nitrogens is 1. The van der Waals surface area contributed by atoms with Crippen molar-refractivity contribution in [3.05, 3.63) is 77.0 Å². The number of rotatable bonds is 6. The topological polar surface area (TPSA) is 50.9 Å². The lowest BCUT2D eigenvalue weighted by molar-refractivity contribution is 0.515. The molecule has 27 heavy (non-hydrogen) atoms. The SMILES string of the molecule is [O-][S+](CCC1CC(c2ccc(Cl)cc2)=CCN1)Cc1c[nH]c2ccccc12. The van der Waals surface area contributed by atoms with Crippen LogP contribution in [0.15, 0.2) is 60.8 Å². The third-order valence-electron chi connectivity index (χ3n) is 5.12. The van der Waals surface area contributed by atoms with E-state index in [1.165, 1.54) is 16.5 Å². The van der Waals surface area contributed by atoms with Crippen molar-refractivity contribution in [3.8, 4) is 0 Å². The van der Waals surface area contributed by atoms with Gasteiger partial charge in [-0.15, -0.1) is 0 Å². The Kier molecular flexibility index (Phi) is 5.89. The van der Waals surface area contributed by atoms with Gasteiger partial charge < -0.3 is 14.9 Å². The number of halogens is 1. The molecule has 4 rings (SSSR count). The second kappa shape index (κ2) is 8.53. The van der Waals surface area contributed by atoms with Gasteiger partial charge in [0.25, 0.3) is 0 Å². The Morgan fingerprint density at radius 3 is 2.78 bits per heavy atom. The van der Waals surface area contributed by atoms with E-state index in [1.807, 2.05) is 30.5 Å². The van der Waals surface area contributed by atoms with E-state index < -0.39 is 11.2 Å². The Morgan fingerprint density at radius 1 is 1.11 bits per heavy atom. The van der Waals surface area contributed by atoms with Crippen LogP contribution in [-0.2, 0) is 16.9 Å². The molecule has 0 bridgehead atoms. The molecule has 3 aromatic rings. The number of aromatic amines is 1. The number of benzene rings is 2. The van der Waals surface area contributed by atoms with Crippen molar-refractivity contribution in [1.29, 1.82) is 0 Å². The summed E-state index contributed by atoms with van der Waals surface area (Å²) >= 11 is 5.13. The second-order valence-electron chi connectivity index (χ2n) is 6.98. The van der Waals surface area contributed by atoms with E-state index in [0.29, 0.717) is 17.5 Å². The molecule has 1 aliphatic heterocycles. The quantitative estimate of drug-likeness (QED) is 0.580. The summed E-state index contributed by atoms with van der Waals surface area (Å²) in [6.07, 6.45) is 6.11. The van der Waals surface area contributed by atoms with Gasteiger partial charge >= 0.3 is 0 Å². The van der Waals surface area contributed by atoms with Crippen LogP contribution in [0.1, 0.15) is 24.0 Å². The van der Waals surface area contributed by atoms with Crippen LogP contribution in [0.2, 0.25) is 5.02 Å². The number of nitrogens with one attached hydrogen (secondary N) is 2. The zero-order valence-electron chi connectivity index (χ0n) is 15.1. The molecule has 0 saturated carbocycles. The second-order valence-corrected chi connectivity index (χ2v) is 9.00. The smallest absolute Gasteiger partial charge is 0.132 e. The minimum absolute atomic E-state index is 0.368. The van der Waals surface area contributed by atoms with Gasteiger partial charge in [-0.3, -0.25) is 0 Å². The van der Waals surface area contributed by atoms with E-state index >= 15 is 0 Å². The van der Waals surface area contributed by atoms with Crippen molar-refractivity contribution in [1.82, 2.24) is 10.3 Å². The summed E-state index contributed by atoms with van der Waals surface area (Å²) in [5, 5.41) is 5.47. The van der Waals surface area contributed by atoms with Crippen LogP contribution in [-0.4, -0.2) is 27.9 Å². The van der Waals surface area contributed by atoms with Crippen molar-refractivity contribution in [2.45, 2.75) is 24.6 Å². The normalized spacial score (nSPS) is 18.4. The zero-order valence-corrected chi connectivity index (χ0v) is 16.7. The Balaban J connectivity index is 1.32. The van der Waals surface area contributed by atoms with Crippen molar-refractivity contribution in [3.63, 3.8) is 0 Å². The lowest BCUT2D eigenvalue weighted by atomic mass is 9.94. The third-order valence-corrected chi connectivity index (χ3v) is 6.70. The summed E-state index contributed by atoms with van der Waals surface area (Å²) in [7, 11) is 0. The molecule has 0 amide bonds. The van der Waals surface area contributed by atoms with Crippen LogP contribution in [0.4, 0.5) is 0 Å². The van der Waals surface area contributed by atoms with E-state index in [4.69, 9.17) is 11.6 Å². The molecule has 2 N–H and O–H groups in total. The maximum atomic E-state index is 12.6. The van der Waals surface area contributed by atoms with E-state index in [-0.39, 0.29) is 0 Å². The lowest BCUT2D eigenvalue weighted by Gasteiger charge is -2.25. The first kappa shape index (κ1) is 18.6. The van der Waals surface area contributed by atoms with Gasteiger partial charge in [-0.1, -0.05) is 48.0 Å². The monoisotopic (exact) mass is 398 g/mol. The molecule has 0 radical (unpaired) electrons. The van der Waals surface area contributed by atoms with Crippen molar-refractivity contribution in [2.24, 2.45) is 0 Å². The zero-order chi connectivity index (χ0) is 18.6. The van der Waals surface area contributed by atoms with Gasteiger partial charge in [0.2, 0.25) is 0 Å². The molecule has 0 spiro atoms. The number of fused-ring (bicyclic) bond motifs is 1. The van der Waals surface area contributed by atoms with Crippen molar-refractivity contribution >= 4 is 39.3 Å². The van der Waals surface area contributed by atoms with E-state index in [2.05, 4.69) is 40.6 Å². The Morgan fingerprint density at radius 2 is 1.93 bits per heavy atom. The summed E-state index contributed by atoms with van der Waals surface area (Å²) in [6.45, 7) is 0.859. The Bertz CT molecular complexity index is 935. The van der Waals surface area contributed by atoms with Gasteiger partial charge in [-0.25, -0.2) is 0 Å². The molecule has 2 heterocycles. The Labute approximate surface area is 168 Å². The Hall–Kier alpha value is -1.72. The third kappa shape index (κ3) is 4.58. The highest BCUT2D eigenvalue weighted by Gasteiger charge is 2.19. The highest BCUT2D eigenvalue weighted by molar-refractivity contribution is 7.90. The molecule has 5 heteroatoms. The fraction of sp³-hybridized carbons (Fsp3) is 0.273. The molecular weight excluding hydrogens is 376 g/mol. The number of hydrogen-bond acceptors (Lipinski definition) is 2. The molecule has 2 aromatic carbocycles. The molecule has 0 fully saturated rings. The van der Waals surface area contributed by atoms with Crippen LogP contribution in [0, 0.1) is 0 Å². The predicted molar refractivity (Wildman–Crippen MR) is 115 cm³/mol. The average Bonchev–Trinajstić information content (AvgIpc) is 3.10. The molecule has 0 aliphatic carbocycles. The minimum Gasteiger partial charge on any atom is -0.616 e. The van der Waals surface area contributed by atoms with Crippen molar-refractivity contribution in [2.75, 3.05) is 12.3 Å². The summed E-state index contributed by atoms with van der Waals surface area (Å²) in [5.41, 5.74) is 4.82. The molecule has 0 saturated heterocycles. The molecule has 2 atom stereocenters. The van der Waals surface area contributed by atoms with Gasteiger partial charge in [0.15, 0.2) is 0 Å². The average molecular weight is 399 g/mol. The lowest BCUT2D eigenvalue weighted by Crippen LogP contribution is -2.34. The van der Waals surface area contributed by atoms with Gasteiger partial charge in [0.1, 0.15) is 11.5 Å². The molecular formula is C22H23ClN2OS. The maximum Gasteiger partial charge on any atom is 0.132 e. The molecule has 2 unspecified atom stereocenters. The number of para-hydroxylation sites is 1. The first-order valence-corrected chi connectivity index (χ1v) is 11.1.